The van der Waals surface area contributed by atoms with Crippen LogP contribution in [0.4, 0.5) is 0 Å². The van der Waals surface area contributed by atoms with Crippen LogP contribution in [0.25, 0.3) is 16.8 Å². The molecule has 0 saturated carbocycles. The van der Waals surface area contributed by atoms with Crippen LogP contribution in [0.15, 0.2) is 55.0 Å². The second-order valence-corrected chi connectivity index (χ2v) is 10.5. The van der Waals surface area contributed by atoms with Gasteiger partial charge in [0, 0.05) is 25.1 Å². The molecule has 3 rings (SSSR count). The zero-order valence-corrected chi connectivity index (χ0v) is 17.9. The molecule has 1 aromatic carbocycles. The molecule has 0 saturated heterocycles. The molecule has 1 atom stereocenters. The Morgan fingerprint density at radius 3 is 2.48 bits per heavy atom. The lowest BCUT2D eigenvalue weighted by molar-refractivity contribution is 0.247. The molecular formula is C22H29N3OS. The van der Waals surface area contributed by atoms with Crippen molar-refractivity contribution in [3.05, 3.63) is 60.6 Å². The van der Waals surface area contributed by atoms with E-state index in [2.05, 4.69) is 66.6 Å². The van der Waals surface area contributed by atoms with Gasteiger partial charge >= 0.3 is 0 Å². The van der Waals surface area contributed by atoms with Gasteiger partial charge in [-0.1, -0.05) is 25.1 Å². The molecule has 27 heavy (non-hydrogen) atoms. The van der Waals surface area contributed by atoms with E-state index in [-0.39, 0.29) is 10.3 Å². The van der Waals surface area contributed by atoms with Gasteiger partial charge in [0.15, 0.2) is 0 Å². The number of rotatable bonds is 5. The van der Waals surface area contributed by atoms with Crippen molar-refractivity contribution in [3.8, 4) is 11.1 Å². The van der Waals surface area contributed by atoms with Gasteiger partial charge < -0.3 is 4.40 Å². The van der Waals surface area contributed by atoms with Crippen LogP contribution in [-0.2, 0) is 16.5 Å². The predicted octanol–water partition coefficient (Wildman–Crippen LogP) is 5.02. The maximum atomic E-state index is 13.1. The minimum atomic E-state index is -1.09. The first-order chi connectivity index (χ1) is 12.6. The molecule has 4 nitrogen and oxygen atoms in total. The van der Waals surface area contributed by atoms with Gasteiger partial charge in [-0.3, -0.25) is 0 Å². The lowest BCUT2D eigenvalue weighted by atomic mass is 9.91. The Morgan fingerprint density at radius 1 is 1.07 bits per heavy atom. The van der Waals surface area contributed by atoms with Crippen molar-refractivity contribution >= 4 is 16.6 Å². The molecule has 3 aromatic rings. The van der Waals surface area contributed by atoms with Crippen molar-refractivity contribution < 1.29 is 4.21 Å². The van der Waals surface area contributed by atoms with Gasteiger partial charge in [0.05, 0.1) is 10.3 Å². The van der Waals surface area contributed by atoms with Crippen LogP contribution in [0.5, 0.6) is 0 Å². The average Bonchev–Trinajstić information content (AvgIpc) is 3.09. The van der Waals surface area contributed by atoms with Crippen LogP contribution in [0.1, 0.15) is 47.1 Å². The largest absolute Gasteiger partial charge is 0.306 e. The summed E-state index contributed by atoms with van der Waals surface area (Å²) in [6.45, 7) is 13.2. The predicted molar refractivity (Wildman–Crippen MR) is 114 cm³/mol. The zero-order valence-electron chi connectivity index (χ0n) is 17.1. The zero-order chi connectivity index (χ0) is 19.8. The Labute approximate surface area is 164 Å². The molecule has 0 aliphatic rings. The molecular weight excluding hydrogens is 354 g/mol. The van der Waals surface area contributed by atoms with Gasteiger partial charge in [-0.15, -0.1) is 0 Å². The summed E-state index contributed by atoms with van der Waals surface area (Å²) in [5.41, 5.74) is 4.03. The van der Waals surface area contributed by atoms with E-state index in [1.807, 2.05) is 37.4 Å². The molecule has 0 N–H and O–H groups in total. The van der Waals surface area contributed by atoms with Crippen molar-refractivity contribution in [2.45, 2.75) is 51.8 Å². The van der Waals surface area contributed by atoms with Crippen molar-refractivity contribution in [1.82, 2.24) is 13.7 Å². The molecule has 0 spiro atoms. The fourth-order valence-corrected chi connectivity index (χ4v) is 4.78. The molecule has 2 aromatic heterocycles. The van der Waals surface area contributed by atoms with E-state index in [4.69, 9.17) is 0 Å². The monoisotopic (exact) mass is 383 g/mol. The number of fused-ring (bicyclic) bond motifs is 1. The summed E-state index contributed by atoms with van der Waals surface area (Å²) in [5, 5.41) is 0. The molecule has 2 heterocycles. The molecule has 144 valence electrons. The summed E-state index contributed by atoms with van der Waals surface area (Å²) >= 11 is 0. The average molecular weight is 384 g/mol. The first-order valence-corrected chi connectivity index (χ1v) is 10.5. The third-order valence-electron chi connectivity index (χ3n) is 4.93. The standard InChI is InChI=1S/C22H29N3OS/c1-7-25(27(26)21(2,3)4)22(5,6)19-10-8-9-17(15-19)18-11-12-20-23-13-14-24(20)16-18/h8-16H,7H2,1-6H3. The molecule has 5 heteroatoms. The van der Waals surface area contributed by atoms with Crippen LogP contribution in [-0.4, -0.2) is 29.2 Å². The van der Waals surface area contributed by atoms with E-state index in [0.29, 0.717) is 0 Å². The van der Waals surface area contributed by atoms with Crippen LogP contribution in [0.3, 0.4) is 0 Å². The summed E-state index contributed by atoms with van der Waals surface area (Å²) in [5.74, 6) is 0. The summed E-state index contributed by atoms with van der Waals surface area (Å²) in [6, 6.07) is 12.7. The summed E-state index contributed by atoms with van der Waals surface area (Å²) in [4.78, 5) is 4.31. The fraction of sp³-hybridized carbons (Fsp3) is 0.409. The minimum absolute atomic E-state index is 0.294. The van der Waals surface area contributed by atoms with Gasteiger partial charge in [0.25, 0.3) is 0 Å². The highest BCUT2D eigenvalue weighted by Crippen LogP contribution is 2.34. The fourth-order valence-electron chi connectivity index (χ4n) is 3.36. The van der Waals surface area contributed by atoms with Crippen LogP contribution in [0.2, 0.25) is 0 Å². The number of pyridine rings is 1. The van der Waals surface area contributed by atoms with Crippen molar-refractivity contribution in [2.24, 2.45) is 0 Å². The van der Waals surface area contributed by atoms with Crippen molar-refractivity contribution in [3.63, 3.8) is 0 Å². The van der Waals surface area contributed by atoms with Gasteiger partial charge in [0.1, 0.15) is 16.6 Å². The Hall–Kier alpha value is -1.98. The van der Waals surface area contributed by atoms with Crippen molar-refractivity contribution in [2.75, 3.05) is 6.54 Å². The molecule has 0 radical (unpaired) electrons. The Kier molecular flexibility index (Phi) is 5.28. The van der Waals surface area contributed by atoms with Gasteiger partial charge in [0.2, 0.25) is 0 Å². The van der Waals surface area contributed by atoms with Crippen LogP contribution >= 0.6 is 0 Å². The maximum absolute atomic E-state index is 13.1. The van der Waals surface area contributed by atoms with Crippen LogP contribution < -0.4 is 0 Å². The van der Waals surface area contributed by atoms with E-state index < -0.39 is 11.0 Å². The first-order valence-electron chi connectivity index (χ1n) is 9.38. The summed E-state index contributed by atoms with van der Waals surface area (Å²) < 4.78 is 16.9. The van der Waals surface area contributed by atoms with Gasteiger partial charge in [-0.2, -0.15) is 0 Å². The maximum Gasteiger partial charge on any atom is 0.136 e. The van der Waals surface area contributed by atoms with Crippen LogP contribution in [0, 0.1) is 0 Å². The number of imidazole rings is 1. The Morgan fingerprint density at radius 2 is 1.81 bits per heavy atom. The summed E-state index contributed by atoms with van der Waals surface area (Å²) in [6.07, 6.45) is 5.86. The molecule has 0 amide bonds. The first kappa shape index (κ1) is 19.8. The third kappa shape index (κ3) is 3.85. The quantitative estimate of drug-likeness (QED) is 0.620. The molecule has 0 bridgehead atoms. The smallest absolute Gasteiger partial charge is 0.136 e. The molecule has 0 aliphatic heterocycles. The normalized spacial score (nSPS) is 14.0. The molecule has 0 aliphatic carbocycles. The highest BCUT2D eigenvalue weighted by atomic mass is 32.2. The van der Waals surface area contributed by atoms with Gasteiger partial charge in [-0.05, 0) is 69.5 Å². The summed E-state index contributed by atoms with van der Waals surface area (Å²) in [7, 11) is -1.09. The third-order valence-corrected chi connectivity index (χ3v) is 7.09. The van der Waals surface area contributed by atoms with E-state index in [9.17, 15) is 4.21 Å². The SMILES string of the molecule is CCN(S(=O)C(C)(C)C)C(C)(C)c1cccc(-c2ccc3nccn3c2)c1. The number of aromatic nitrogens is 2. The van der Waals surface area contributed by atoms with Crippen molar-refractivity contribution in [1.29, 1.82) is 0 Å². The lowest BCUT2D eigenvalue weighted by Crippen LogP contribution is -2.47. The lowest BCUT2D eigenvalue weighted by Gasteiger charge is -2.40. The number of hydrogen-bond donors (Lipinski definition) is 0. The topological polar surface area (TPSA) is 37.6 Å². The minimum Gasteiger partial charge on any atom is -0.306 e. The molecule has 0 fully saturated rings. The highest BCUT2D eigenvalue weighted by molar-refractivity contribution is 7.84. The number of benzene rings is 1. The number of hydrogen-bond acceptors (Lipinski definition) is 2. The Bertz CT molecular complexity index is 969. The van der Waals surface area contributed by atoms with E-state index >= 15 is 0 Å². The highest BCUT2D eigenvalue weighted by Gasteiger charge is 2.36. The van der Waals surface area contributed by atoms with Gasteiger partial charge in [-0.25, -0.2) is 13.5 Å². The Balaban J connectivity index is 2.01. The molecule has 1 unspecified atom stereocenters. The number of nitrogens with zero attached hydrogens (tertiary/aromatic N) is 3. The second kappa shape index (κ2) is 7.21. The second-order valence-electron chi connectivity index (χ2n) is 8.31. The van der Waals surface area contributed by atoms with E-state index in [1.54, 1.807) is 6.20 Å². The van der Waals surface area contributed by atoms with E-state index in [0.717, 1.165) is 28.9 Å². The van der Waals surface area contributed by atoms with E-state index in [1.165, 1.54) is 0 Å².